The fraction of sp³-hybridized carbons (Fsp3) is 0.143. The Labute approximate surface area is 177 Å². The number of thioether (sulfide) groups is 1. The fourth-order valence-corrected chi connectivity index (χ4v) is 4.58. The van der Waals surface area contributed by atoms with Crippen molar-refractivity contribution in [2.75, 3.05) is 18.9 Å². The zero-order chi connectivity index (χ0) is 19.9. The number of likely N-dealkylation sites (N-methyl/N-ethyl adjacent to an activating group) is 1. The average molecular weight is 431 g/mol. The summed E-state index contributed by atoms with van der Waals surface area (Å²) in [6, 6.07) is 18.5. The predicted octanol–water partition coefficient (Wildman–Crippen LogP) is 5.40. The number of hydrogen-bond donors (Lipinski definition) is 1. The highest BCUT2D eigenvalue weighted by Gasteiger charge is 2.18. The molecule has 2 amide bonds. The zero-order valence-corrected chi connectivity index (χ0v) is 17.6. The highest BCUT2D eigenvalue weighted by molar-refractivity contribution is 7.98. The number of thiophene rings is 1. The van der Waals surface area contributed by atoms with Crippen molar-refractivity contribution in [2.45, 2.75) is 10.6 Å². The van der Waals surface area contributed by atoms with Gasteiger partial charge < -0.3 is 10.2 Å². The third kappa shape index (κ3) is 5.61. The summed E-state index contributed by atoms with van der Waals surface area (Å²) < 4.78 is 0. The van der Waals surface area contributed by atoms with Crippen LogP contribution in [-0.2, 0) is 10.5 Å². The minimum atomic E-state index is -0.276. The van der Waals surface area contributed by atoms with Crippen LogP contribution >= 0.6 is 34.7 Å². The summed E-state index contributed by atoms with van der Waals surface area (Å²) >= 11 is 9.25. The van der Waals surface area contributed by atoms with E-state index in [1.165, 1.54) is 9.78 Å². The quantitative estimate of drug-likeness (QED) is 0.510. The summed E-state index contributed by atoms with van der Waals surface area (Å²) in [6.45, 7) is -0.0464. The summed E-state index contributed by atoms with van der Waals surface area (Å²) in [4.78, 5) is 28.7. The molecule has 0 radical (unpaired) electrons. The van der Waals surface area contributed by atoms with Gasteiger partial charge in [-0.25, -0.2) is 0 Å². The summed E-state index contributed by atoms with van der Waals surface area (Å²) in [5.41, 5.74) is 1.20. The van der Waals surface area contributed by atoms with Crippen molar-refractivity contribution in [1.29, 1.82) is 0 Å². The van der Waals surface area contributed by atoms with Crippen LogP contribution in [0, 0.1) is 0 Å². The molecule has 0 saturated carbocycles. The van der Waals surface area contributed by atoms with Gasteiger partial charge in [0, 0.05) is 33.3 Å². The summed E-state index contributed by atoms with van der Waals surface area (Å²) in [7, 11) is 1.63. The Kier molecular flexibility index (Phi) is 7.14. The summed E-state index contributed by atoms with van der Waals surface area (Å²) in [6.07, 6.45) is 0. The van der Waals surface area contributed by atoms with E-state index in [2.05, 4.69) is 11.4 Å². The SMILES string of the molecule is CN(CC(=O)Nc1cccc(Cl)c1)C(=O)c1ccccc1SCc1cccs1. The number of rotatable bonds is 7. The lowest BCUT2D eigenvalue weighted by molar-refractivity contribution is -0.116. The molecule has 3 aromatic rings. The first-order chi connectivity index (χ1) is 13.5. The van der Waals surface area contributed by atoms with E-state index in [4.69, 9.17) is 11.6 Å². The van der Waals surface area contributed by atoms with Gasteiger partial charge in [0.1, 0.15) is 0 Å². The molecule has 0 spiro atoms. The van der Waals surface area contributed by atoms with E-state index in [9.17, 15) is 9.59 Å². The van der Waals surface area contributed by atoms with E-state index in [1.54, 1.807) is 60.5 Å². The van der Waals surface area contributed by atoms with E-state index in [1.807, 2.05) is 29.6 Å². The van der Waals surface area contributed by atoms with Gasteiger partial charge >= 0.3 is 0 Å². The van der Waals surface area contributed by atoms with Crippen LogP contribution in [0.4, 0.5) is 5.69 Å². The highest BCUT2D eigenvalue weighted by atomic mass is 35.5. The number of benzene rings is 2. The van der Waals surface area contributed by atoms with Gasteiger partial charge in [0.2, 0.25) is 5.91 Å². The van der Waals surface area contributed by atoms with Crippen molar-refractivity contribution in [3.63, 3.8) is 0 Å². The minimum Gasteiger partial charge on any atom is -0.332 e. The fourth-order valence-electron chi connectivity index (χ4n) is 2.57. The topological polar surface area (TPSA) is 49.4 Å². The Bertz CT molecular complexity index is 961. The molecule has 4 nitrogen and oxygen atoms in total. The molecule has 0 aliphatic carbocycles. The zero-order valence-electron chi connectivity index (χ0n) is 15.2. The lowest BCUT2D eigenvalue weighted by Gasteiger charge is -2.18. The number of amides is 2. The van der Waals surface area contributed by atoms with Crippen LogP contribution < -0.4 is 5.32 Å². The molecule has 2 aromatic carbocycles. The molecule has 0 atom stereocenters. The normalized spacial score (nSPS) is 10.5. The van der Waals surface area contributed by atoms with Gasteiger partial charge in [0.15, 0.2) is 0 Å². The number of nitrogens with zero attached hydrogens (tertiary/aromatic N) is 1. The number of anilines is 1. The van der Waals surface area contributed by atoms with Crippen molar-refractivity contribution >= 4 is 52.2 Å². The standard InChI is InChI=1S/C21H19ClN2O2S2/c1-24(13-20(25)23-16-7-4-6-15(22)12-16)21(26)18-9-2-3-10-19(18)28-14-17-8-5-11-27-17/h2-12H,13-14H2,1H3,(H,23,25). The van der Waals surface area contributed by atoms with Crippen molar-refractivity contribution in [3.05, 3.63) is 81.5 Å². The maximum absolute atomic E-state index is 12.9. The molecular weight excluding hydrogens is 412 g/mol. The van der Waals surface area contributed by atoms with E-state index in [0.29, 0.717) is 16.3 Å². The van der Waals surface area contributed by atoms with Crippen LogP contribution in [0.3, 0.4) is 0 Å². The van der Waals surface area contributed by atoms with Crippen LogP contribution in [0.15, 0.2) is 70.9 Å². The molecule has 0 fully saturated rings. The Hall–Kier alpha value is -2.28. The van der Waals surface area contributed by atoms with Crippen LogP contribution in [0.2, 0.25) is 5.02 Å². The van der Waals surface area contributed by atoms with Crippen LogP contribution in [-0.4, -0.2) is 30.3 Å². The first-order valence-corrected chi connectivity index (χ1v) is 10.8. The monoisotopic (exact) mass is 430 g/mol. The smallest absolute Gasteiger partial charge is 0.255 e. The summed E-state index contributed by atoms with van der Waals surface area (Å²) in [5.74, 6) is 0.346. The highest BCUT2D eigenvalue weighted by Crippen LogP contribution is 2.28. The second kappa shape index (κ2) is 9.78. The Balaban J connectivity index is 1.63. The lowest BCUT2D eigenvalue weighted by atomic mass is 10.2. The predicted molar refractivity (Wildman–Crippen MR) is 117 cm³/mol. The molecule has 1 N–H and O–H groups in total. The van der Waals surface area contributed by atoms with Crippen LogP contribution in [0.25, 0.3) is 0 Å². The van der Waals surface area contributed by atoms with E-state index < -0.39 is 0 Å². The molecule has 3 rings (SSSR count). The van der Waals surface area contributed by atoms with Gasteiger partial charge in [-0.1, -0.05) is 35.9 Å². The second-order valence-electron chi connectivity index (χ2n) is 6.08. The minimum absolute atomic E-state index is 0.0464. The molecule has 0 aliphatic heterocycles. The average Bonchev–Trinajstić information content (AvgIpc) is 3.19. The number of carbonyl (C=O) groups is 2. The molecule has 7 heteroatoms. The molecule has 0 bridgehead atoms. The number of halogens is 1. The Morgan fingerprint density at radius 3 is 2.68 bits per heavy atom. The maximum Gasteiger partial charge on any atom is 0.255 e. The first-order valence-electron chi connectivity index (χ1n) is 8.58. The van der Waals surface area contributed by atoms with Crippen molar-refractivity contribution in [3.8, 4) is 0 Å². The van der Waals surface area contributed by atoms with Crippen molar-refractivity contribution in [2.24, 2.45) is 0 Å². The lowest BCUT2D eigenvalue weighted by Crippen LogP contribution is -2.35. The van der Waals surface area contributed by atoms with Crippen molar-refractivity contribution in [1.82, 2.24) is 4.90 Å². The second-order valence-corrected chi connectivity index (χ2v) is 8.57. The molecule has 28 heavy (non-hydrogen) atoms. The third-order valence-corrected chi connectivity index (χ3v) is 6.32. The van der Waals surface area contributed by atoms with Crippen LogP contribution in [0.1, 0.15) is 15.2 Å². The van der Waals surface area contributed by atoms with E-state index >= 15 is 0 Å². The molecule has 1 heterocycles. The Morgan fingerprint density at radius 1 is 1.11 bits per heavy atom. The van der Waals surface area contributed by atoms with Gasteiger partial charge in [-0.05, 0) is 41.8 Å². The largest absolute Gasteiger partial charge is 0.332 e. The summed E-state index contributed by atoms with van der Waals surface area (Å²) in [5, 5.41) is 5.34. The molecule has 0 saturated heterocycles. The Morgan fingerprint density at radius 2 is 1.93 bits per heavy atom. The van der Waals surface area contributed by atoms with Gasteiger partial charge in [0.05, 0.1) is 12.1 Å². The third-order valence-electron chi connectivity index (χ3n) is 3.90. The van der Waals surface area contributed by atoms with Crippen molar-refractivity contribution < 1.29 is 9.59 Å². The molecule has 1 aromatic heterocycles. The molecule has 0 unspecified atom stereocenters. The number of nitrogens with one attached hydrogen (secondary N) is 1. The van der Waals surface area contributed by atoms with Gasteiger partial charge in [-0.2, -0.15) is 0 Å². The number of hydrogen-bond acceptors (Lipinski definition) is 4. The van der Waals surface area contributed by atoms with Gasteiger partial charge in [-0.3, -0.25) is 9.59 Å². The molecule has 0 aliphatic rings. The first kappa shape index (κ1) is 20.5. The van der Waals surface area contributed by atoms with Crippen LogP contribution in [0.5, 0.6) is 0 Å². The van der Waals surface area contributed by atoms with E-state index in [0.717, 1.165) is 10.6 Å². The number of carbonyl (C=O) groups excluding carboxylic acids is 2. The maximum atomic E-state index is 12.9. The van der Waals surface area contributed by atoms with E-state index in [-0.39, 0.29) is 18.4 Å². The van der Waals surface area contributed by atoms with Gasteiger partial charge in [0.25, 0.3) is 5.91 Å². The molecule has 144 valence electrons. The van der Waals surface area contributed by atoms with Gasteiger partial charge in [-0.15, -0.1) is 23.1 Å². The molecular formula is C21H19ClN2O2S2.